The molecule has 0 fully saturated rings. The summed E-state index contributed by atoms with van der Waals surface area (Å²) in [5.41, 5.74) is 2.94. The number of esters is 1. The van der Waals surface area contributed by atoms with E-state index in [2.05, 4.69) is 0 Å². The van der Waals surface area contributed by atoms with Gasteiger partial charge in [-0.1, -0.05) is 66.2 Å². The molecule has 0 heterocycles. The van der Waals surface area contributed by atoms with Crippen LogP contribution >= 0.6 is 0 Å². The Bertz CT molecular complexity index is 642. The van der Waals surface area contributed by atoms with Gasteiger partial charge in [0.2, 0.25) is 0 Å². The zero-order valence-corrected chi connectivity index (χ0v) is 12.8. The molecule has 0 saturated heterocycles. The van der Waals surface area contributed by atoms with Crippen LogP contribution in [-0.2, 0) is 16.1 Å². The number of allylic oxidation sites excluding steroid dienone is 1. The number of ether oxygens (including phenoxy) is 1. The zero-order valence-electron chi connectivity index (χ0n) is 12.8. The van der Waals surface area contributed by atoms with E-state index in [9.17, 15) is 9.90 Å². The molecule has 1 N–H and O–H groups in total. The van der Waals surface area contributed by atoms with Crippen LogP contribution in [0.2, 0.25) is 0 Å². The number of hydrogen-bond donors (Lipinski definition) is 1. The number of hydrogen-bond acceptors (Lipinski definition) is 3. The van der Waals surface area contributed by atoms with Crippen molar-refractivity contribution >= 4 is 5.97 Å². The van der Waals surface area contributed by atoms with Gasteiger partial charge in [0.1, 0.15) is 12.7 Å². The molecule has 0 radical (unpaired) electrons. The van der Waals surface area contributed by atoms with Crippen molar-refractivity contribution in [1.82, 2.24) is 0 Å². The van der Waals surface area contributed by atoms with Gasteiger partial charge in [-0.3, -0.25) is 0 Å². The number of benzene rings is 2. The fourth-order valence-electron chi connectivity index (χ4n) is 2.12. The van der Waals surface area contributed by atoms with Crippen LogP contribution in [-0.4, -0.2) is 11.1 Å². The van der Waals surface area contributed by atoms with Crippen LogP contribution in [0.5, 0.6) is 0 Å². The minimum atomic E-state index is -0.978. The number of aryl methyl sites for hydroxylation is 1. The molecule has 3 heteroatoms. The predicted molar refractivity (Wildman–Crippen MR) is 86.1 cm³/mol. The molecule has 0 aliphatic carbocycles. The largest absolute Gasteiger partial charge is 0.457 e. The van der Waals surface area contributed by atoms with E-state index in [0.29, 0.717) is 5.56 Å². The van der Waals surface area contributed by atoms with Crippen LogP contribution < -0.4 is 0 Å². The van der Waals surface area contributed by atoms with Crippen molar-refractivity contribution in [3.8, 4) is 0 Å². The number of carbonyl (C=O) groups excluding carboxylic acids is 1. The number of aliphatic hydroxyl groups is 1. The van der Waals surface area contributed by atoms with Crippen molar-refractivity contribution in [2.24, 2.45) is 0 Å². The summed E-state index contributed by atoms with van der Waals surface area (Å²) in [7, 11) is 0. The number of aliphatic hydroxyl groups excluding tert-OH is 1. The third-order valence-electron chi connectivity index (χ3n) is 3.45. The molecule has 0 saturated carbocycles. The molecule has 22 heavy (non-hydrogen) atoms. The summed E-state index contributed by atoms with van der Waals surface area (Å²) in [6.45, 7) is 3.88. The molecular formula is C19H20O3. The quantitative estimate of drug-likeness (QED) is 0.675. The average Bonchev–Trinajstić information content (AvgIpc) is 2.55. The molecule has 0 unspecified atom stereocenters. The van der Waals surface area contributed by atoms with Crippen molar-refractivity contribution in [2.45, 2.75) is 26.6 Å². The lowest BCUT2D eigenvalue weighted by molar-refractivity contribution is -0.141. The summed E-state index contributed by atoms with van der Waals surface area (Å²) >= 11 is 0. The summed E-state index contributed by atoms with van der Waals surface area (Å²) < 4.78 is 5.28. The van der Waals surface area contributed by atoms with E-state index in [4.69, 9.17) is 4.74 Å². The van der Waals surface area contributed by atoms with Gasteiger partial charge in [0, 0.05) is 0 Å². The standard InChI is InChI=1S/C19H20O3/c1-3-17(18(20)16-11-9-14(2)10-12-16)19(21)22-13-15-7-5-4-6-8-15/h3-12,18,20H,13H2,1-2H3/b17-3+/t18-/m0/s1. The molecular weight excluding hydrogens is 276 g/mol. The van der Waals surface area contributed by atoms with Gasteiger partial charge in [-0.15, -0.1) is 0 Å². The second kappa shape index (κ2) is 7.57. The van der Waals surface area contributed by atoms with Crippen LogP contribution in [0.3, 0.4) is 0 Å². The third-order valence-corrected chi connectivity index (χ3v) is 3.45. The number of carbonyl (C=O) groups is 1. The van der Waals surface area contributed by atoms with E-state index >= 15 is 0 Å². The Labute approximate surface area is 130 Å². The number of rotatable bonds is 5. The Kier molecular flexibility index (Phi) is 5.50. The molecule has 0 bridgehead atoms. The summed E-state index contributed by atoms with van der Waals surface area (Å²) in [6.07, 6.45) is 0.617. The maximum atomic E-state index is 12.2. The maximum Gasteiger partial charge on any atom is 0.337 e. The van der Waals surface area contributed by atoms with Gasteiger partial charge >= 0.3 is 5.97 Å². The van der Waals surface area contributed by atoms with Crippen molar-refractivity contribution in [3.63, 3.8) is 0 Å². The molecule has 2 aromatic carbocycles. The van der Waals surface area contributed by atoms with E-state index in [1.807, 2.05) is 61.5 Å². The molecule has 0 spiro atoms. The van der Waals surface area contributed by atoms with Gasteiger partial charge < -0.3 is 9.84 Å². The fraction of sp³-hybridized carbons (Fsp3) is 0.211. The highest BCUT2D eigenvalue weighted by Gasteiger charge is 2.21. The maximum absolute atomic E-state index is 12.2. The Hall–Kier alpha value is -2.39. The molecule has 0 aliphatic heterocycles. The Morgan fingerprint density at radius 1 is 1.14 bits per heavy atom. The minimum Gasteiger partial charge on any atom is -0.457 e. The highest BCUT2D eigenvalue weighted by atomic mass is 16.5. The highest BCUT2D eigenvalue weighted by Crippen LogP contribution is 2.23. The first-order valence-electron chi connectivity index (χ1n) is 7.23. The molecule has 3 nitrogen and oxygen atoms in total. The summed E-state index contributed by atoms with van der Waals surface area (Å²) in [5, 5.41) is 10.4. The first-order valence-corrected chi connectivity index (χ1v) is 7.23. The Morgan fingerprint density at radius 3 is 2.36 bits per heavy atom. The van der Waals surface area contributed by atoms with Gasteiger partial charge in [-0.25, -0.2) is 4.79 Å². The van der Waals surface area contributed by atoms with E-state index in [1.54, 1.807) is 13.0 Å². The van der Waals surface area contributed by atoms with Gasteiger partial charge in [0.25, 0.3) is 0 Å². The van der Waals surface area contributed by atoms with Crippen molar-refractivity contribution in [3.05, 3.63) is 82.9 Å². The van der Waals surface area contributed by atoms with Crippen LogP contribution in [0.15, 0.2) is 66.2 Å². The molecule has 0 amide bonds. The SMILES string of the molecule is C/C=C(/C(=O)OCc1ccccc1)[C@@H](O)c1ccc(C)cc1. The molecule has 1 atom stereocenters. The van der Waals surface area contributed by atoms with Gasteiger partial charge in [-0.05, 0) is 25.0 Å². The summed E-state index contributed by atoms with van der Waals surface area (Å²) in [6, 6.07) is 16.9. The predicted octanol–water partition coefficient (Wildman–Crippen LogP) is 3.72. The lowest BCUT2D eigenvalue weighted by atomic mass is 10.0. The van der Waals surface area contributed by atoms with Crippen molar-refractivity contribution < 1.29 is 14.6 Å². The van der Waals surface area contributed by atoms with Crippen LogP contribution in [0.1, 0.15) is 29.7 Å². The van der Waals surface area contributed by atoms with Crippen LogP contribution in [0, 0.1) is 6.92 Å². The van der Waals surface area contributed by atoms with Crippen LogP contribution in [0.4, 0.5) is 0 Å². The third kappa shape index (κ3) is 4.06. The normalized spacial score (nSPS) is 12.8. The van der Waals surface area contributed by atoms with Gasteiger partial charge in [0.15, 0.2) is 0 Å². The van der Waals surface area contributed by atoms with Crippen LogP contribution in [0.25, 0.3) is 0 Å². The second-order valence-electron chi connectivity index (χ2n) is 5.12. The zero-order chi connectivity index (χ0) is 15.9. The second-order valence-corrected chi connectivity index (χ2v) is 5.12. The molecule has 114 valence electrons. The summed E-state index contributed by atoms with van der Waals surface area (Å²) in [5.74, 6) is -0.501. The van der Waals surface area contributed by atoms with E-state index in [-0.39, 0.29) is 12.2 Å². The Morgan fingerprint density at radius 2 is 1.77 bits per heavy atom. The topological polar surface area (TPSA) is 46.5 Å². The van der Waals surface area contributed by atoms with E-state index < -0.39 is 12.1 Å². The average molecular weight is 296 g/mol. The van der Waals surface area contributed by atoms with E-state index in [0.717, 1.165) is 11.1 Å². The Balaban J connectivity index is 2.04. The lowest BCUT2D eigenvalue weighted by Crippen LogP contribution is -2.14. The first-order chi connectivity index (χ1) is 10.6. The van der Waals surface area contributed by atoms with Crippen molar-refractivity contribution in [1.29, 1.82) is 0 Å². The first kappa shape index (κ1) is 16.0. The van der Waals surface area contributed by atoms with Crippen molar-refractivity contribution in [2.75, 3.05) is 0 Å². The fourth-order valence-corrected chi connectivity index (χ4v) is 2.12. The molecule has 2 aromatic rings. The molecule has 0 aromatic heterocycles. The monoisotopic (exact) mass is 296 g/mol. The van der Waals surface area contributed by atoms with Gasteiger partial charge in [0.05, 0.1) is 5.57 Å². The smallest absolute Gasteiger partial charge is 0.337 e. The lowest BCUT2D eigenvalue weighted by Gasteiger charge is -2.15. The minimum absolute atomic E-state index is 0.192. The molecule has 0 aliphatic rings. The highest BCUT2D eigenvalue weighted by molar-refractivity contribution is 5.89. The molecule has 2 rings (SSSR count). The van der Waals surface area contributed by atoms with E-state index in [1.165, 1.54) is 0 Å². The summed E-state index contributed by atoms with van der Waals surface area (Å²) in [4.78, 5) is 12.2. The van der Waals surface area contributed by atoms with Gasteiger partial charge in [-0.2, -0.15) is 0 Å².